The van der Waals surface area contributed by atoms with E-state index in [0.717, 1.165) is 73.0 Å². The van der Waals surface area contributed by atoms with Crippen molar-refractivity contribution in [2.24, 2.45) is 0 Å². The van der Waals surface area contributed by atoms with Gasteiger partial charge in [-0.3, -0.25) is 0 Å². The second-order valence-electron chi connectivity index (χ2n) is 8.80. The molecule has 3 aromatic rings. The Morgan fingerprint density at radius 2 is 1.41 bits per heavy atom. The van der Waals surface area contributed by atoms with Crippen molar-refractivity contribution in [2.75, 3.05) is 57.3 Å². The molecule has 1 saturated heterocycles. The summed E-state index contributed by atoms with van der Waals surface area (Å²) in [5.74, 6) is 4.22. The van der Waals surface area contributed by atoms with E-state index in [2.05, 4.69) is 28.9 Å². The molecular weight excluding hydrogens is 404 g/mol. The van der Waals surface area contributed by atoms with Crippen LogP contribution < -0.4 is 24.0 Å². The molecule has 1 aliphatic carbocycles. The van der Waals surface area contributed by atoms with E-state index in [1.807, 2.05) is 24.3 Å². The lowest BCUT2D eigenvalue weighted by molar-refractivity contribution is 0.355. The maximum absolute atomic E-state index is 5.58. The molecule has 1 saturated carbocycles. The number of hydrogen-bond donors (Lipinski definition) is 0. The van der Waals surface area contributed by atoms with Crippen LogP contribution >= 0.6 is 0 Å². The van der Waals surface area contributed by atoms with Crippen LogP contribution in [0.3, 0.4) is 0 Å². The number of aromatic nitrogens is 2. The van der Waals surface area contributed by atoms with Crippen LogP contribution in [0.2, 0.25) is 0 Å². The standard InChI is InChI=1S/C25H30N4O3/c1-25(9-10-25)24-26-18-16-22(32-4)21(31-3)15-17(18)23(27-24)29-13-11-28(12-14-29)19-7-5-6-8-20(19)30-2/h5-8,15-16H,9-14H2,1-4H3. The van der Waals surface area contributed by atoms with Gasteiger partial charge >= 0.3 is 0 Å². The molecule has 0 unspecified atom stereocenters. The summed E-state index contributed by atoms with van der Waals surface area (Å²) >= 11 is 0. The maximum Gasteiger partial charge on any atom is 0.162 e. The predicted octanol–water partition coefficient (Wildman–Crippen LogP) is 4.03. The molecule has 7 nitrogen and oxygen atoms in total. The van der Waals surface area contributed by atoms with E-state index in [1.54, 1.807) is 21.3 Å². The number of methoxy groups -OCH3 is 3. The minimum absolute atomic E-state index is 0.0787. The van der Waals surface area contributed by atoms with Gasteiger partial charge in [0.25, 0.3) is 0 Å². The van der Waals surface area contributed by atoms with Crippen molar-refractivity contribution >= 4 is 22.4 Å². The van der Waals surface area contributed by atoms with Crippen LogP contribution in [0.1, 0.15) is 25.6 Å². The van der Waals surface area contributed by atoms with E-state index in [-0.39, 0.29) is 5.41 Å². The number of nitrogens with zero attached hydrogens (tertiary/aromatic N) is 4. The van der Waals surface area contributed by atoms with Gasteiger partial charge < -0.3 is 24.0 Å². The largest absolute Gasteiger partial charge is 0.495 e. The number of anilines is 2. The van der Waals surface area contributed by atoms with Crippen molar-refractivity contribution in [3.05, 3.63) is 42.2 Å². The second-order valence-corrected chi connectivity index (χ2v) is 8.80. The van der Waals surface area contributed by atoms with Gasteiger partial charge in [-0.05, 0) is 31.0 Å². The van der Waals surface area contributed by atoms with Gasteiger partial charge in [0.15, 0.2) is 11.5 Å². The summed E-state index contributed by atoms with van der Waals surface area (Å²) in [5.41, 5.74) is 2.12. The molecule has 0 amide bonds. The van der Waals surface area contributed by atoms with E-state index in [0.29, 0.717) is 11.5 Å². The molecule has 0 N–H and O–H groups in total. The van der Waals surface area contributed by atoms with Crippen LogP contribution in [-0.2, 0) is 5.41 Å². The van der Waals surface area contributed by atoms with Crippen LogP contribution in [0.5, 0.6) is 17.2 Å². The third-order valence-corrected chi connectivity index (χ3v) is 6.73. The number of ether oxygens (including phenoxy) is 3. The Balaban J connectivity index is 1.50. The Hall–Kier alpha value is -3.22. The highest BCUT2D eigenvalue weighted by Gasteiger charge is 2.43. The van der Waals surface area contributed by atoms with E-state index >= 15 is 0 Å². The van der Waals surface area contributed by atoms with Crippen molar-refractivity contribution in [3.8, 4) is 17.2 Å². The average Bonchev–Trinajstić information content (AvgIpc) is 3.61. The summed E-state index contributed by atoms with van der Waals surface area (Å²) < 4.78 is 16.7. The lowest BCUT2D eigenvalue weighted by Gasteiger charge is -2.37. The maximum atomic E-state index is 5.58. The first-order chi connectivity index (χ1) is 15.6. The molecule has 5 rings (SSSR count). The Labute approximate surface area is 188 Å². The number of para-hydroxylation sites is 2. The van der Waals surface area contributed by atoms with Gasteiger partial charge in [-0.1, -0.05) is 19.1 Å². The topological polar surface area (TPSA) is 60.0 Å². The Morgan fingerprint density at radius 3 is 2.06 bits per heavy atom. The Bertz CT molecular complexity index is 1140. The highest BCUT2D eigenvalue weighted by molar-refractivity contribution is 5.92. The molecule has 2 aromatic carbocycles. The monoisotopic (exact) mass is 434 g/mol. The van der Waals surface area contributed by atoms with Gasteiger partial charge in [-0.25, -0.2) is 9.97 Å². The zero-order chi connectivity index (χ0) is 22.3. The molecule has 32 heavy (non-hydrogen) atoms. The first-order valence-electron chi connectivity index (χ1n) is 11.1. The van der Waals surface area contributed by atoms with Gasteiger partial charge in [0.1, 0.15) is 17.4 Å². The zero-order valence-electron chi connectivity index (χ0n) is 19.2. The van der Waals surface area contributed by atoms with Crippen LogP contribution in [0.15, 0.2) is 36.4 Å². The van der Waals surface area contributed by atoms with Crippen LogP contribution in [-0.4, -0.2) is 57.5 Å². The molecule has 0 spiro atoms. The van der Waals surface area contributed by atoms with Crippen molar-refractivity contribution in [3.63, 3.8) is 0 Å². The lowest BCUT2D eigenvalue weighted by atomic mass is 10.1. The molecule has 2 fully saturated rings. The minimum Gasteiger partial charge on any atom is -0.495 e. The highest BCUT2D eigenvalue weighted by atomic mass is 16.5. The van der Waals surface area contributed by atoms with E-state index in [9.17, 15) is 0 Å². The van der Waals surface area contributed by atoms with E-state index < -0.39 is 0 Å². The molecule has 0 radical (unpaired) electrons. The number of hydrogen-bond acceptors (Lipinski definition) is 7. The smallest absolute Gasteiger partial charge is 0.162 e. The summed E-state index contributed by atoms with van der Waals surface area (Å²) in [6.45, 7) is 5.78. The highest BCUT2D eigenvalue weighted by Crippen LogP contribution is 2.47. The van der Waals surface area contributed by atoms with Gasteiger partial charge in [0.05, 0.1) is 32.5 Å². The van der Waals surface area contributed by atoms with Gasteiger partial charge in [-0.2, -0.15) is 0 Å². The lowest BCUT2D eigenvalue weighted by Crippen LogP contribution is -2.47. The van der Waals surface area contributed by atoms with Crippen molar-refractivity contribution in [1.82, 2.24) is 9.97 Å². The Kier molecular flexibility index (Phi) is 5.19. The molecule has 168 valence electrons. The van der Waals surface area contributed by atoms with Gasteiger partial charge in [-0.15, -0.1) is 0 Å². The summed E-state index contributed by atoms with van der Waals surface area (Å²) in [6, 6.07) is 12.2. The quantitative estimate of drug-likeness (QED) is 0.580. The van der Waals surface area contributed by atoms with Crippen molar-refractivity contribution in [2.45, 2.75) is 25.2 Å². The average molecular weight is 435 g/mol. The molecule has 1 aromatic heterocycles. The van der Waals surface area contributed by atoms with Gasteiger partial charge in [0, 0.05) is 43.0 Å². The van der Waals surface area contributed by atoms with E-state index in [1.165, 1.54) is 0 Å². The fourth-order valence-electron chi connectivity index (χ4n) is 4.41. The third-order valence-electron chi connectivity index (χ3n) is 6.73. The summed E-state index contributed by atoms with van der Waals surface area (Å²) in [6.07, 6.45) is 2.26. The first-order valence-corrected chi connectivity index (χ1v) is 11.1. The number of benzene rings is 2. The number of rotatable bonds is 6. The molecule has 0 bridgehead atoms. The van der Waals surface area contributed by atoms with Crippen LogP contribution in [0.4, 0.5) is 11.5 Å². The molecular formula is C25H30N4O3. The zero-order valence-corrected chi connectivity index (χ0v) is 19.2. The Morgan fingerprint density at radius 1 is 0.781 bits per heavy atom. The van der Waals surface area contributed by atoms with Crippen molar-refractivity contribution in [1.29, 1.82) is 0 Å². The summed E-state index contributed by atoms with van der Waals surface area (Å²) in [7, 11) is 5.05. The van der Waals surface area contributed by atoms with Crippen LogP contribution in [0, 0.1) is 0 Å². The number of fused-ring (bicyclic) bond motifs is 1. The number of piperazine rings is 1. The van der Waals surface area contributed by atoms with Gasteiger partial charge in [0.2, 0.25) is 0 Å². The molecule has 1 aliphatic heterocycles. The normalized spacial score (nSPS) is 17.4. The minimum atomic E-state index is 0.0787. The van der Waals surface area contributed by atoms with Crippen LogP contribution in [0.25, 0.3) is 10.9 Å². The first kappa shape index (κ1) is 20.7. The molecule has 2 aliphatic rings. The third kappa shape index (κ3) is 3.55. The second kappa shape index (κ2) is 8.04. The van der Waals surface area contributed by atoms with E-state index in [4.69, 9.17) is 24.2 Å². The summed E-state index contributed by atoms with van der Waals surface area (Å²) in [4.78, 5) is 14.8. The fraction of sp³-hybridized carbons (Fsp3) is 0.440. The van der Waals surface area contributed by atoms with Crippen molar-refractivity contribution < 1.29 is 14.2 Å². The molecule has 7 heteroatoms. The SMILES string of the molecule is COc1cc2nc(C3(C)CC3)nc(N3CCN(c4ccccc4OC)CC3)c2cc1OC. The summed E-state index contributed by atoms with van der Waals surface area (Å²) in [5, 5.41) is 1.00. The fourth-order valence-corrected chi connectivity index (χ4v) is 4.41. The predicted molar refractivity (Wildman–Crippen MR) is 127 cm³/mol. The molecule has 0 atom stereocenters. The molecule has 2 heterocycles.